The molecule has 13 heavy (non-hydrogen) atoms. The fraction of sp³-hybridized carbons (Fsp3) is 0.400. The second-order valence-electron chi connectivity index (χ2n) is 2.95. The Morgan fingerprint density at radius 3 is 2.23 bits per heavy atom. The topological polar surface area (TPSA) is 0 Å². The summed E-state index contributed by atoms with van der Waals surface area (Å²) in [5.41, 5.74) is 0.145. The lowest BCUT2D eigenvalue weighted by Gasteiger charge is -2.04. The van der Waals surface area contributed by atoms with Crippen LogP contribution in [-0.4, -0.2) is 0 Å². The van der Waals surface area contributed by atoms with Gasteiger partial charge in [-0.1, -0.05) is 24.9 Å². The standard InChI is InChI=1S/C10H11ClF2/c1-2-3-4-8-9(12)5-7(11)6-10(8)13/h5-6H,2-4H2,1H3. The van der Waals surface area contributed by atoms with Crippen molar-refractivity contribution in [3.05, 3.63) is 34.4 Å². The van der Waals surface area contributed by atoms with Gasteiger partial charge < -0.3 is 0 Å². The van der Waals surface area contributed by atoms with Gasteiger partial charge in [-0.05, 0) is 25.0 Å². The summed E-state index contributed by atoms with van der Waals surface area (Å²) in [7, 11) is 0. The molecule has 0 aromatic heterocycles. The van der Waals surface area contributed by atoms with Gasteiger partial charge in [-0.25, -0.2) is 8.78 Å². The van der Waals surface area contributed by atoms with Crippen LogP contribution in [0.5, 0.6) is 0 Å². The maximum atomic E-state index is 13.1. The van der Waals surface area contributed by atoms with Crippen LogP contribution >= 0.6 is 11.6 Å². The van der Waals surface area contributed by atoms with Gasteiger partial charge in [0.15, 0.2) is 0 Å². The Hall–Kier alpha value is -0.630. The molecule has 0 saturated heterocycles. The van der Waals surface area contributed by atoms with Crippen molar-refractivity contribution in [3.63, 3.8) is 0 Å². The number of hydrogen-bond acceptors (Lipinski definition) is 0. The Morgan fingerprint density at radius 2 is 1.77 bits per heavy atom. The minimum atomic E-state index is -0.543. The average Bonchev–Trinajstić information content (AvgIpc) is 2.02. The van der Waals surface area contributed by atoms with Gasteiger partial charge in [-0.2, -0.15) is 0 Å². The van der Waals surface area contributed by atoms with Crippen molar-refractivity contribution < 1.29 is 8.78 Å². The second kappa shape index (κ2) is 4.56. The molecular weight excluding hydrogens is 194 g/mol. The monoisotopic (exact) mass is 204 g/mol. The largest absolute Gasteiger partial charge is 0.207 e. The third-order valence-electron chi connectivity index (χ3n) is 1.89. The van der Waals surface area contributed by atoms with Crippen molar-refractivity contribution in [2.24, 2.45) is 0 Å². The fourth-order valence-electron chi connectivity index (χ4n) is 1.16. The SMILES string of the molecule is CCCCc1c(F)cc(Cl)cc1F. The van der Waals surface area contributed by atoms with Crippen LogP contribution in [0.4, 0.5) is 8.78 Å². The Kier molecular flexibility index (Phi) is 3.67. The predicted molar refractivity (Wildman–Crippen MR) is 50.0 cm³/mol. The third kappa shape index (κ3) is 2.66. The van der Waals surface area contributed by atoms with Crippen molar-refractivity contribution in [2.45, 2.75) is 26.2 Å². The Bertz CT molecular complexity index is 274. The van der Waals surface area contributed by atoms with E-state index in [-0.39, 0.29) is 10.6 Å². The maximum absolute atomic E-state index is 13.1. The molecule has 0 aliphatic rings. The molecule has 0 atom stereocenters. The van der Waals surface area contributed by atoms with Crippen LogP contribution in [-0.2, 0) is 6.42 Å². The van der Waals surface area contributed by atoms with Crippen molar-refractivity contribution >= 4 is 11.6 Å². The number of unbranched alkanes of at least 4 members (excludes halogenated alkanes) is 1. The van der Waals surface area contributed by atoms with Crippen LogP contribution < -0.4 is 0 Å². The van der Waals surface area contributed by atoms with E-state index in [4.69, 9.17) is 11.6 Å². The summed E-state index contributed by atoms with van der Waals surface area (Å²) >= 11 is 5.48. The molecule has 0 radical (unpaired) electrons. The predicted octanol–water partition coefficient (Wildman–Crippen LogP) is 3.96. The van der Waals surface area contributed by atoms with E-state index in [1.54, 1.807) is 0 Å². The van der Waals surface area contributed by atoms with Gasteiger partial charge in [0.1, 0.15) is 11.6 Å². The highest BCUT2D eigenvalue weighted by Crippen LogP contribution is 2.20. The zero-order valence-corrected chi connectivity index (χ0v) is 8.17. The average molecular weight is 205 g/mol. The van der Waals surface area contributed by atoms with Gasteiger partial charge in [0.2, 0.25) is 0 Å². The van der Waals surface area contributed by atoms with Crippen LogP contribution in [0.3, 0.4) is 0 Å². The minimum Gasteiger partial charge on any atom is -0.207 e. The maximum Gasteiger partial charge on any atom is 0.130 e. The number of halogens is 3. The lowest BCUT2D eigenvalue weighted by molar-refractivity contribution is 0.549. The summed E-state index contributed by atoms with van der Waals surface area (Å²) in [6.45, 7) is 1.98. The van der Waals surface area contributed by atoms with Crippen molar-refractivity contribution in [2.75, 3.05) is 0 Å². The quantitative estimate of drug-likeness (QED) is 0.699. The third-order valence-corrected chi connectivity index (χ3v) is 2.10. The summed E-state index contributed by atoms with van der Waals surface area (Å²) in [6, 6.07) is 2.30. The van der Waals surface area contributed by atoms with Crippen LogP contribution in [0, 0.1) is 11.6 Å². The van der Waals surface area contributed by atoms with Gasteiger partial charge >= 0.3 is 0 Å². The lowest BCUT2D eigenvalue weighted by atomic mass is 10.1. The highest BCUT2D eigenvalue weighted by molar-refractivity contribution is 6.30. The van der Waals surface area contributed by atoms with Gasteiger partial charge in [-0.3, -0.25) is 0 Å². The Labute approximate surface area is 81.5 Å². The van der Waals surface area contributed by atoms with Crippen LogP contribution in [0.25, 0.3) is 0 Å². The highest BCUT2D eigenvalue weighted by Gasteiger charge is 2.09. The van der Waals surface area contributed by atoms with Crippen LogP contribution in [0.2, 0.25) is 5.02 Å². The molecule has 0 fully saturated rings. The molecule has 0 N–H and O–H groups in total. The summed E-state index contributed by atoms with van der Waals surface area (Å²) in [5.74, 6) is -1.09. The molecule has 0 saturated carbocycles. The van der Waals surface area contributed by atoms with E-state index in [0.717, 1.165) is 25.0 Å². The molecule has 0 heterocycles. The second-order valence-corrected chi connectivity index (χ2v) is 3.39. The zero-order valence-electron chi connectivity index (χ0n) is 7.41. The summed E-state index contributed by atoms with van der Waals surface area (Å²) in [4.78, 5) is 0. The first-order valence-electron chi connectivity index (χ1n) is 4.28. The normalized spacial score (nSPS) is 10.5. The number of benzene rings is 1. The van der Waals surface area contributed by atoms with E-state index in [1.807, 2.05) is 6.92 Å². The molecule has 1 aromatic carbocycles. The fourth-order valence-corrected chi connectivity index (χ4v) is 1.36. The molecule has 0 aliphatic carbocycles. The highest BCUT2D eigenvalue weighted by atomic mass is 35.5. The van der Waals surface area contributed by atoms with Crippen molar-refractivity contribution in [1.82, 2.24) is 0 Å². The molecule has 3 heteroatoms. The van der Waals surface area contributed by atoms with Gasteiger partial charge in [0.05, 0.1) is 0 Å². The number of rotatable bonds is 3. The Morgan fingerprint density at radius 1 is 1.23 bits per heavy atom. The molecule has 0 aliphatic heterocycles. The Balaban J connectivity index is 2.92. The smallest absolute Gasteiger partial charge is 0.130 e. The zero-order chi connectivity index (χ0) is 9.84. The molecule has 1 aromatic rings. The van der Waals surface area contributed by atoms with E-state index in [2.05, 4.69) is 0 Å². The van der Waals surface area contributed by atoms with E-state index < -0.39 is 11.6 Å². The summed E-state index contributed by atoms with van der Waals surface area (Å²) in [5, 5.41) is 0.107. The van der Waals surface area contributed by atoms with E-state index in [9.17, 15) is 8.78 Å². The van der Waals surface area contributed by atoms with Gasteiger partial charge in [0.25, 0.3) is 0 Å². The molecule has 0 bridgehead atoms. The van der Waals surface area contributed by atoms with Crippen LogP contribution in [0.15, 0.2) is 12.1 Å². The molecule has 0 nitrogen and oxygen atoms in total. The van der Waals surface area contributed by atoms with Crippen molar-refractivity contribution in [1.29, 1.82) is 0 Å². The lowest BCUT2D eigenvalue weighted by Crippen LogP contribution is -1.95. The molecule has 0 unspecified atom stereocenters. The van der Waals surface area contributed by atoms with Crippen LogP contribution in [0.1, 0.15) is 25.3 Å². The number of hydrogen-bond donors (Lipinski definition) is 0. The van der Waals surface area contributed by atoms with Gasteiger partial charge in [0, 0.05) is 10.6 Å². The summed E-state index contributed by atoms with van der Waals surface area (Å²) < 4.78 is 26.2. The van der Waals surface area contributed by atoms with E-state index >= 15 is 0 Å². The van der Waals surface area contributed by atoms with E-state index in [1.165, 1.54) is 0 Å². The molecule has 0 amide bonds. The first kappa shape index (κ1) is 10.5. The van der Waals surface area contributed by atoms with Crippen molar-refractivity contribution in [3.8, 4) is 0 Å². The molecule has 0 spiro atoms. The molecule has 1 rings (SSSR count). The van der Waals surface area contributed by atoms with E-state index in [0.29, 0.717) is 6.42 Å². The van der Waals surface area contributed by atoms with Gasteiger partial charge in [-0.15, -0.1) is 0 Å². The molecular formula is C10H11ClF2. The summed E-state index contributed by atoms with van der Waals surface area (Å²) in [6.07, 6.45) is 2.14. The first-order chi connectivity index (χ1) is 6.15. The molecule has 72 valence electrons. The minimum absolute atomic E-state index is 0.107. The first-order valence-corrected chi connectivity index (χ1v) is 4.66.